The summed E-state index contributed by atoms with van der Waals surface area (Å²) in [7, 11) is 0. The van der Waals surface area contributed by atoms with E-state index in [1.165, 1.54) is 0 Å². The summed E-state index contributed by atoms with van der Waals surface area (Å²) >= 11 is 0. The molecule has 0 aromatic rings. The van der Waals surface area contributed by atoms with Gasteiger partial charge in [-0.1, -0.05) is 0 Å². The minimum absolute atomic E-state index is 0. The van der Waals surface area contributed by atoms with Crippen molar-refractivity contribution in [3.8, 4) is 0 Å². The summed E-state index contributed by atoms with van der Waals surface area (Å²) in [6.45, 7) is 5.18. The maximum atomic E-state index is 11.0. The molecule has 0 aromatic heterocycles. The number of hydrogen-bond acceptors (Lipinski definition) is 2. The molecule has 2 N–H and O–H groups in total. The Labute approximate surface area is 139 Å². The molecule has 2 amide bonds. The second-order valence-corrected chi connectivity index (χ2v) is 4.07. The molecule has 2 fully saturated rings. The summed E-state index contributed by atoms with van der Waals surface area (Å²) in [5, 5.41) is 5.42. The summed E-state index contributed by atoms with van der Waals surface area (Å²) in [6, 6.07) is 0. The summed E-state index contributed by atoms with van der Waals surface area (Å²) in [4.78, 5) is 22.0. The molecule has 0 bridgehead atoms. The fourth-order valence-electron chi connectivity index (χ4n) is 1.58. The molecule has 0 atom stereocenters. The molecule has 4 nitrogen and oxygen atoms in total. The summed E-state index contributed by atoms with van der Waals surface area (Å²) in [6.07, 6.45) is 14.6. The summed E-state index contributed by atoms with van der Waals surface area (Å²) in [5.41, 5.74) is 0. The third kappa shape index (κ3) is 7.87. The van der Waals surface area contributed by atoms with Gasteiger partial charge in [0.2, 0.25) is 11.8 Å². The maximum Gasteiger partial charge on any atom is 2.00 e. The van der Waals surface area contributed by atoms with Gasteiger partial charge >= 0.3 is 17.1 Å². The number of hydrogen-bond donors (Lipinski definition) is 2. The van der Waals surface area contributed by atoms with Crippen LogP contribution in [0.15, 0.2) is 0 Å². The average molecular weight is 328 g/mol. The van der Waals surface area contributed by atoms with Crippen molar-refractivity contribution in [1.29, 1.82) is 0 Å². The molecule has 0 heterocycles. The number of carbonyl (C=O) groups excluding carboxylic acids is 2. The molecule has 0 saturated heterocycles. The number of carbonyl (C=O) groups is 2. The molecule has 112 valence electrons. The monoisotopic (exact) mass is 328 g/mol. The van der Waals surface area contributed by atoms with E-state index in [0.717, 1.165) is 11.8 Å². The molecular formula is C16H20FeN2O2+2. The molecule has 0 aliphatic heterocycles. The fourth-order valence-corrected chi connectivity index (χ4v) is 1.58. The third-order valence-electron chi connectivity index (χ3n) is 2.52. The van der Waals surface area contributed by atoms with Crippen LogP contribution in [-0.4, -0.2) is 24.9 Å². The van der Waals surface area contributed by atoms with Crippen LogP contribution in [0.1, 0.15) is 13.8 Å². The summed E-state index contributed by atoms with van der Waals surface area (Å²) < 4.78 is 0. The van der Waals surface area contributed by atoms with E-state index in [4.69, 9.17) is 0 Å². The minimum atomic E-state index is 0. The number of rotatable bonds is 4. The van der Waals surface area contributed by atoms with E-state index in [2.05, 4.69) is 10.6 Å². The van der Waals surface area contributed by atoms with Gasteiger partial charge in [-0.05, 0) is 65.2 Å². The molecule has 21 heavy (non-hydrogen) atoms. The Morgan fingerprint density at radius 2 is 1.05 bits per heavy atom. The van der Waals surface area contributed by atoms with Gasteiger partial charge < -0.3 is 10.6 Å². The Hall–Kier alpha value is -0.541. The van der Waals surface area contributed by atoms with Gasteiger partial charge in [0.15, 0.2) is 0 Å². The zero-order chi connectivity index (χ0) is 14.8. The van der Waals surface area contributed by atoms with Crippen molar-refractivity contribution in [3.63, 3.8) is 0 Å². The van der Waals surface area contributed by atoms with E-state index in [0.29, 0.717) is 13.1 Å². The molecule has 0 unspecified atom stereocenters. The van der Waals surface area contributed by atoms with Crippen LogP contribution in [0.25, 0.3) is 0 Å². The minimum Gasteiger partial charge on any atom is -0.356 e. The van der Waals surface area contributed by atoms with Crippen LogP contribution < -0.4 is 10.6 Å². The Morgan fingerprint density at radius 1 is 0.762 bits per heavy atom. The predicted molar refractivity (Wildman–Crippen MR) is 78.3 cm³/mol. The molecule has 0 spiro atoms. The topological polar surface area (TPSA) is 58.2 Å². The van der Waals surface area contributed by atoms with E-state index in [1.807, 2.05) is 39.5 Å². The van der Waals surface area contributed by atoms with Gasteiger partial charge in [-0.25, -0.2) is 0 Å². The first-order chi connectivity index (χ1) is 9.69. The van der Waals surface area contributed by atoms with Gasteiger partial charge in [-0.3, -0.25) is 9.59 Å². The number of nitrogens with one attached hydrogen (secondary N) is 2. The third-order valence-corrected chi connectivity index (χ3v) is 2.52. The normalized spacial score (nSPS) is 18.4. The van der Waals surface area contributed by atoms with Crippen molar-refractivity contribution < 1.29 is 26.7 Å². The number of amides is 2. The second-order valence-electron chi connectivity index (χ2n) is 4.07. The second kappa shape index (κ2) is 12.0. The van der Waals surface area contributed by atoms with Crippen molar-refractivity contribution in [1.82, 2.24) is 10.6 Å². The molecule has 5 heteroatoms. The van der Waals surface area contributed by atoms with Crippen LogP contribution in [0, 0.1) is 63.2 Å². The van der Waals surface area contributed by atoms with Crippen LogP contribution >= 0.6 is 0 Å². The smallest absolute Gasteiger partial charge is 0.356 e. The molecule has 0 aromatic carbocycles. The molecule has 10 radical (unpaired) electrons. The van der Waals surface area contributed by atoms with Crippen LogP contribution in [0.5, 0.6) is 0 Å². The van der Waals surface area contributed by atoms with Crippen molar-refractivity contribution in [2.45, 2.75) is 13.8 Å². The van der Waals surface area contributed by atoms with E-state index in [9.17, 15) is 9.59 Å². The van der Waals surface area contributed by atoms with Gasteiger partial charge in [0.25, 0.3) is 0 Å². The first-order valence-corrected chi connectivity index (χ1v) is 6.68. The zero-order valence-corrected chi connectivity index (χ0v) is 13.3. The van der Waals surface area contributed by atoms with Crippen molar-refractivity contribution in [3.05, 3.63) is 63.2 Å². The van der Waals surface area contributed by atoms with E-state index in [1.54, 1.807) is 25.7 Å². The zero-order valence-electron chi connectivity index (χ0n) is 12.2. The Balaban J connectivity index is 0.000000364. The van der Waals surface area contributed by atoms with Crippen LogP contribution in [0.2, 0.25) is 0 Å². The van der Waals surface area contributed by atoms with Crippen molar-refractivity contribution in [2.24, 2.45) is 0 Å². The molecule has 2 rings (SSSR count). The van der Waals surface area contributed by atoms with E-state index in [-0.39, 0.29) is 28.9 Å². The Morgan fingerprint density at radius 3 is 1.29 bits per heavy atom. The van der Waals surface area contributed by atoms with Crippen LogP contribution in [-0.2, 0) is 26.7 Å². The quantitative estimate of drug-likeness (QED) is 0.758. The predicted octanol–water partition coefficient (Wildman–Crippen LogP) is 1.05. The summed E-state index contributed by atoms with van der Waals surface area (Å²) in [5.74, 6) is 1.49. The van der Waals surface area contributed by atoms with Crippen molar-refractivity contribution >= 4 is 11.8 Å². The van der Waals surface area contributed by atoms with Gasteiger partial charge in [-0.15, -0.1) is 0 Å². The first kappa shape index (κ1) is 20.5. The average Bonchev–Trinajstić information content (AvgIpc) is 3.14. The standard InChI is InChI=1S/2C8H10NO.Fe/c2*1-2-9-8(10)7-5-3-4-6-7;/h2*3-6H,2H2,1H3,(H,9,10);/q;;+2. The van der Waals surface area contributed by atoms with Gasteiger partial charge in [-0.2, -0.15) is 0 Å². The first-order valence-electron chi connectivity index (χ1n) is 6.68. The van der Waals surface area contributed by atoms with Crippen LogP contribution in [0.4, 0.5) is 0 Å². The van der Waals surface area contributed by atoms with Gasteiger partial charge in [0.1, 0.15) is 0 Å². The van der Waals surface area contributed by atoms with Gasteiger partial charge in [0, 0.05) is 13.1 Å². The molecule has 2 saturated carbocycles. The Bertz CT molecular complexity index is 269. The van der Waals surface area contributed by atoms with Gasteiger partial charge in [0.05, 0.1) is 11.8 Å². The largest absolute Gasteiger partial charge is 2.00 e. The maximum absolute atomic E-state index is 11.0. The molecule has 2 aliphatic carbocycles. The van der Waals surface area contributed by atoms with Crippen molar-refractivity contribution in [2.75, 3.05) is 13.1 Å². The fraction of sp³-hybridized carbons (Fsp3) is 0.250. The molecular weight excluding hydrogens is 308 g/mol. The van der Waals surface area contributed by atoms with E-state index < -0.39 is 0 Å². The van der Waals surface area contributed by atoms with Crippen LogP contribution in [0.3, 0.4) is 0 Å². The van der Waals surface area contributed by atoms with E-state index >= 15 is 0 Å². The SMILES string of the molecule is CCNC(=O)[C]1[CH][CH][CH][CH]1.CCNC(=O)[C]1[CH][CH][CH][CH]1.[Fe+2]. The Kier molecular flexibility index (Phi) is 11.7. The molecule has 2 aliphatic rings.